The number of carbonyl (C=O) groups is 2. The molecule has 4 nitrogen and oxygen atoms in total. The lowest BCUT2D eigenvalue weighted by Gasteiger charge is -2.27. The molecular formula is C16H16N2O2S. The second-order valence-electron chi connectivity index (χ2n) is 4.88. The predicted molar refractivity (Wildman–Crippen MR) is 86.5 cm³/mol. The summed E-state index contributed by atoms with van der Waals surface area (Å²) in [5, 5.41) is 2.64. The van der Waals surface area contributed by atoms with Crippen LogP contribution in [0.5, 0.6) is 0 Å². The van der Waals surface area contributed by atoms with Crippen molar-refractivity contribution in [2.75, 3.05) is 6.54 Å². The van der Waals surface area contributed by atoms with E-state index in [1.165, 1.54) is 4.90 Å². The number of nitrogens with zero attached hydrogens (tertiary/aromatic N) is 1. The monoisotopic (exact) mass is 300 g/mol. The van der Waals surface area contributed by atoms with E-state index in [-0.39, 0.29) is 17.2 Å². The number of aryl methyl sites for hydroxylation is 2. The van der Waals surface area contributed by atoms with E-state index in [9.17, 15) is 9.59 Å². The summed E-state index contributed by atoms with van der Waals surface area (Å²) >= 11 is 5.01. The largest absolute Gasteiger partial charge is 0.298 e. The van der Waals surface area contributed by atoms with Crippen LogP contribution in [0.2, 0.25) is 0 Å². The van der Waals surface area contributed by atoms with Gasteiger partial charge in [-0.25, -0.2) is 0 Å². The van der Waals surface area contributed by atoms with Crippen LogP contribution in [0.3, 0.4) is 0 Å². The Balaban J connectivity index is 2.45. The Morgan fingerprint density at radius 2 is 2.05 bits per heavy atom. The molecular weight excluding hydrogens is 284 g/mol. The van der Waals surface area contributed by atoms with Gasteiger partial charge in [-0.3, -0.25) is 19.8 Å². The molecule has 108 valence electrons. The van der Waals surface area contributed by atoms with E-state index in [0.717, 1.165) is 16.7 Å². The van der Waals surface area contributed by atoms with Gasteiger partial charge in [0.2, 0.25) is 0 Å². The summed E-state index contributed by atoms with van der Waals surface area (Å²) < 4.78 is 0. The second-order valence-corrected chi connectivity index (χ2v) is 5.27. The van der Waals surface area contributed by atoms with Gasteiger partial charge in [0.05, 0.1) is 0 Å². The Morgan fingerprint density at radius 3 is 2.71 bits per heavy atom. The van der Waals surface area contributed by atoms with Crippen molar-refractivity contribution in [3.63, 3.8) is 0 Å². The Labute approximate surface area is 129 Å². The van der Waals surface area contributed by atoms with Crippen LogP contribution in [-0.2, 0) is 9.59 Å². The van der Waals surface area contributed by atoms with Gasteiger partial charge >= 0.3 is 0 Å². The molecule has 1 heterocycles. The quantitative estimate of drug-likeness (QED) is 0.402. The zero-order chi connectivity index (χ0) is 15.6. The first-order chi connectivity index (χ1) is 9.93. The first-order valence-corrected chi connectivity index (χ1v) is 6.92. The topological polar surface area (TPSA) is 49.4 Å². The molecule has 0 atom stereocenters. The SMILES string of the molecule is C=CCN1C(=O)/C(=C/c2cc(C)ccc2C)C(=O)NC1=S. The summed E-state index contributed by atoms with van der Waals surface area (Å²) in [6.07, 6.45) is 3.18. The fraction of sp³-hybridized carbons (Fsp3) is 0.188. The smallest absolute Gasteiger partial charge is 0.265 e. The molecule has 1 aliphatic rings. The number of hydrogen-bond acceptors (Lipinski definition) is 3. The standard InChI is InChI=1S/C16H16N2O2S/c1-4-7-18-15(20)13(14(19)17-16(18)21)9-12-8-10(2)5-6-11(12)3/h4-6,8-9H,1,7H2,2-3H3,(H,17,19,21)/b13-9+. The number of carbonyl (C=O) groups excluding carboxylic acids is 2. The van der Waals surface area contributed by atoms with Crippen LogP contribution >= 0.6 is 12.2 Å². The molecule has 1 fully saturated rings. The average molecular weight is 300 g/mol. The molecule has 2 rings (SSSR count). The lowest BCUT2D eigenvalue weighted by Crippen LogP contribution is -2.53. The highest BCUT2D eigenvalue weighted by Gasteiger charge is 2.32. The Bertz CT molecular complexity index is 677. The molecule has 0 aliphatic carbocycles. The second kappa shape index (κ2) is 6.01. The normalized spacial score (nSPS) is 17.1. The number of hydrogen-bond donors (Lipinski definition) is 1. The lowest BCUT2D eigenvalue weighted by atomic mass is 10.0. The molecule has 21 heavy (non-hydrogen) atoms. The van der Waals surface area contributed by atoms with Crippen molar-refractivity contribution in [2.45, 2.75) is 13.8 Å². The minimum absolute atomic E-state index is 0.0825. The van der Waals surface area contributed by atoms with E-state index in [0.29, 0.717) is 0 Å². The molecule has 5 heteroatoms. The van der Waals surface area contributed by atoms with Crippen molar-refractivity contribution in [2.24, 2.45) is 0 Å². The molecule has 2 amide bonds. The fourth-order valence-electron chi connectivity index (χ4n) is 2.06. The van der Waals surface area contributed by atoms with Gasteiger partial charge in [0, 0.05) is 6.54 Å². The van der Waals surface area contributed by atoms with E-state index < -0.39 is 11.8 Å². The Hall–Kier alpha value is -2.27. The van der Waals surface area contributed by atoms with E-state index in [2.05, 4.69) is 11.9 Å². The third-order valence-corrected chi connectivity index (χ3v) is 3.55. The highest BCUT2D eigenvalue weighted by Crippen LogP contribution is 2.18. The van der Waals surface area contributed by atoms with Gasteiger partial charge in [-0.2, -0.15) is 0 Å². The summed E-state index contributed by atoms with van der Waals surface area (Å²) in [4.78, 5) is 25.7. The minimum atomic E-state index is -0.466. The van der Waals surface area contributed by atoms with Gasteiger partial charge in [0.1, 0.15) is 5.57 Å². The molecule has 0 spiro atoms. The van der Waals surface area contributed by atoms with Crippen LogP contribution in [0.1, 0.15) is 16.7 Å². The zero-order valence-corrected chi connectivity index (χ0v) is 12.8. The van der Waals surface area contributed by atoms with E-state index in [4.69, 9.17) is 12.2 Å². The molecule has 0 unspecified atom stereocenters. The van der Waals surface area contributed by atoms with Crippen molar-refractivity contribution < 1.29 is 9.59 Å². The van der Waals surface area contributed by atoms with E-state index in [1.807, 2.05) is 32.0 Å². The van der Waals surface area contributed by atoms with Gasteiger partial charge in [0.25, 0.3) is 11.8 Å². The van der Waals surface area contributed by atoms with Crippen LogP contribution < -0.4 is 5.32 Å². The van der Waals surface area contributed by atoms with Crippen LogP contribution in [-0.4, -0.2) is 28.4 Å². The maximum Gasteiger partial charge on any atom is 0.265 e. The predicted octanol–water partition coefficient (Wildman–Crippen LogP) is 2.12. The molecule has 1 N–H and O–H groups in total. The molecule has 1 aliphatic heterocycles. The van der Waals surface area contributed by atoms with Crippen molar-refractivity contribution in [3.05, 3.63) is 53.1 Å². The number of benzene rings is 1. The van der Waals surface area contributed by atoms with Crippen molar-refractivity contribution in [1.29, 1.82) is 0 Å². The van der Waals surface area contributed by atoms with Gasteiger partial charge in [-0.1, -0.05) is 29.8 Å². The van der Waals surface area contributed by atoms with Crippen LogP contribution in [0.4, 0.5) is 0 Å². The van der Waals surface area contributed by atoms with E-state index >= 15 is 0 Å². The summed E-state index contributed by atoms with van der Waals surface area (Å²) in [5.74, 6) is -0.865. The fourth-order valence-corrected chi connectivity index (χ4v) is 2.31. The van der Waals surface area contributed by atoms with Crippen LogP contribution in [0.15, 0.2) is 36.4 Å². The first-order valence-electron chi connectivity index (χ1n) is 6.51. The van der Waals surface area contributed by atoms with Gasteiger partial charge in [-0.05, 0) is 43.3 Å². The number of amides is 2. The highest BCUT2D eigenvalue weighted by molar-refractivity contribution is 7.80. The summed E-state index contributed by atoms with van der Waals surface area (Å²) in [6.45, 7) is 7.75. The zero-order valence-electron chi connectivity index (χ0n) is 12.0. The molecule has 1 aromatic carbocycles. The van der Waals surface area contributed by atoms with Gasteiger partial charge in [-0.15, -0.1) is 6.58 Å². The minimum Gasteiger partial charge on any atom is -0.298 e. The number of rotatable bonds is 3. The van der Waals surface area contributed by atoms with Gasteiger partial charge < -0.3 is 0 Å². The van der Waals surface area contributed by atoms with Crippen molar-refractivity contribution in [1.82, 2.24) is 10.2 Å². The third kappa shape index (κ3) is 3.08. The van der Waals surface area contributed by atoms with Crippen molar-refractivity contribution in [3.8, 4) is 0 Å². The molecule has 0 bridgehead atoms. The molecule has 0 saturated carbocycles. The number of nitrogens with one attached hydrogen (secondary N) is 1. The molecule has 0 aromatic heterocycles. The maximum atomic E-state index is 12.4. The number of thiocarbonyl (C=S) groups is 1. The van der Waals surface area contributed by atoms with Crippen LogP contribution in [0, 0.1) is 13.8 Å². The van der Waals surface area contributed by atoms with Crippen LogP contribution in [0.25, 0.3) is 6.08 Å². The summed E-state index contributed by atoms with van der Waals surface area (Å²) in [6, 6.07) is 5.88. The molecule has 1 aromatic rings. The third-order valence-electron chi connectivity index (χ3n) is 3.23. The molecule has 0 radical (unpaired) electrons. The highest BCUT2D eigenvalue weighted by atomic mass is 32.1. The average Bonchev–Trinajstić information content (AvgIpc) is 2.43. The first kappa shape index (κ1) is 15.1. The molecule has 1 saturated heterocycles. The summed E-state index contributed by atoms with van der Waals surface area (Å²) in [5.41, 5.74) is 2.99. The van der Waals surface area contributed by atoms with E-state index in [1.54, 1.807) is 12.2 Å². The van der Waals surface area contributed by atoms with Crippen molar-refractivity contribution >= 4 is 35.2 Å². The Morgan fingerprint density at radius 1 is 1.33 bits per heavy atom. The lowest BCUT2D eigenvalue weighted by molar-refractivity contribution is -0.128. The van der Waals surface area contributed by atoms with Gasteiger partial charge in [0.15, 0.2) is 5.11 Å². The summed E-state index contributed by atoms with van der Waals surface area (Å²) in [7, 11) is 0. The Kier molecular flexibility index (Phi) is 4.33. The maximum absolute atomic E-state index is 12.4.